The van der Waals surface area contributed by atoms with Gasteiger partial charge in [0.1, 0.15) is 60.4 Å². The zero-order chi connectivity index (χ0) is 58.9. The number of hydrogen-bond donors (Lipinski definition) is 17. The van der Waals surface area contributed by atoms with Crippen LogP contribution in [0.1, 0.15) is 79.2 Å². The minimum absolute atomic E-state index is 0.0582. The minimum Gasteiger partial charge on any atom is -0.391 e. The first-order valence-corrected chi connectivity index (χ1v) is 27.1. The number of nitrogens with zero attached hydrogens (tertiary/aromatic N) is 1. The zero-order valence-corrected chi connectivity index (χ0v) is 46.3. The molecule has 0 unspecified atom stereocenters. The molecule has 0 aliphatic carbocycles. The van der Waals surface area contributed by atoms with Crippen LogP contribution in [0.2, 0.25) is 0 Å². The fourth-order valence-corrected chi connectivity index (χ4v) is 8.92. The summed E-state index contributed by atoms with van der Waals surface area (Å²) < 4.78 is 0. The Bertz CT molecular complexity index is 2190. The Balaban J connectivity index is 2.08. The van der Waals surface area contributed by atoms with E-state index in [0.717, 1.165) is 0 Å². The van der Waals surface area contributed by atoms with E-state index in [9.17, 15) is 58.2 Å². The summed E-state index contributed by atoms with van der Waals surface area (Å²) in [6.07, 6.45) is -3.97. The lowest BCUT2D eigenvalue weighted by molar-refractivity contribution is -0.137. The van der Waals surface area contributed by atoms with Crippen molar-refractivity contribution in [2.45, 2.75) is 153 Å². The number of aliphatic hydroxyl groups is 2. The Morgan fingerprint density at radius 1 is 0.633 bits per heavy atom. The van der Waals surface area contributed by atoms with Gasteiger partial charge in [-0.1, -0.05) is 58.0 Å². The number of nitrogens with two attached hydrogens (primary N) is 4. The van der Waals surface area contributed by atoms with Crippen LogP contribution in [0.15, 0.2) is 30.3 Å². The third kappa shape index (κ3) is 22.0. The molecule has 0 saturated carbocycles. The molecular weight excluding hydrogens is 1030 g/mol. The lowest BCUT2D eigenvalue weighted by atomic mass is 10.00. The number of aliphatic hydroxyl groups excluding tert-OH is 2. The van der Waals surface area contributed by atoms with Crippen molar-refractivity contribution in [2.75, 3.05) is 58.9 Å². The van der Waals surface area contributed by atoms with Crippen LogP contribution in [-0.4, -0.2) is 206 Å². The van der Waals surface area contributed by atoms with Crippen LogP contribution in [0.3, 0.4) is 0 Å². The number of amides is 10. The van der Waals surface area contributed by atoms with E-state index in [2.05, 4.69) is 58.5 Å². The summed E-state index contributed by atoms with van der Waals surface area (Å²) in [5.74, 6) is -8.82. The van der Waals surface area contributed by atoms with Crippen LogP contribution in [-0.2, 0) is 54.4 Å². The second-order valence-electron chi connectivity index (χ2n) is 20.9. The Kier molecular flexibility index (Phi) is 28.7. The molecule has 12 atom stereocenters. The van der Waals surface area contributed by atoms with Gasteiger partial charge in [-0.25, -0.2) is 0 Å². The normalized spacial score (nSPS) is 25.4. The summed E-state index contributed by atoms with van der Waals surface area (Å²) in [7, 11) is 0. The van der Waals surface area contributed by atoms with Crippen molar-refractivity contribution in [1.29, 1.82) is 0 Å². The maximum atomic E-state index is 14.4. The first-order chi connectivity index (χ1) is 37.4. The highest BCUT2D eigenvalue weighted by Crippen LogP contribution is 2.12. The highest BCUT2D eigenvalue weighted by Gasteiger charge is 2.38. The molecule has 3 rings (SSSR count). The van der Waals surface area contributed by atoms with Crippen LogP contribution >= 0.6 is 0 Å². The number of rotatable bonds is 21. The van der Waals surface area contributed by atoms with Crippen molar-refractivity contribution in [3.8, 4) is 0 Å². The van der Waals surface area contributed by atoms with Crippen LogP contribution in [0, 0.1) is 11.8 Å². The molecule has 10 amide bonds. The van der Waals surface area contributed by atoms with Gasteiger partial charge in [-0.15, -0.1) is 0 Å². The van der Waals surface area contributed by atoms with Gasteiger partial charge in [-0.05, 0) is 83.0 Å². The van der Waals surface area contributed by atoms with E-state index in [4.69, 9.17) is 22.9 Å². The Morgan fingerprint density at radius 2 is 1.15 bits per heavy atom. The van der Waals surface area contributed by atoms with E-state index >= 15 is 0 Å². The van der Waals surface area contributed by atoms with Crippen LogP contribution in [0.4, 0.5) is 0 Å². The fourth-order valence-electron chi connectivity index (χ4n) is 8.92. The van der Waals surface area contributed by atoms with E-state index < -0.39 is 151 Å². The molecule has 0 bridgehead atoms. The molecule has 0 aromatic heterocycles. The summed E-state index contributed by atoms with van der Waals surface area (Å²) in [5, 5.41) is 50.2. The number of nitrogens with one attached hydrogen (secondary N) is 11. The third-order valence-corrected chi connectivity index (χ3v) is 13.1. The fraction of sp³-hybridized carbons (Fsp3) is 0.686. The lowest BCUT2D eigenvalue weighted by Crippen LogP contribution is -2.64. The van der Waals surface area contributed by atoms with Crippen LogP contribution in [0.5, 0.6) is 0 Å². The molecule has 28 nitrogen and oxygen atoms in total. The lowest BCUT2D eigenvalue weighted by Gasteiger charge is -2.37. The molecule has 2 aliphatic heterocycles. The largest absolute Gasteiger partial charge is 0.391 e. The molecule has 1 aromatic carbocycles. The van der Waals surface area contributed by atoms with Crippen LogP contribution < -0.4 is 81.4 Å². The van der Waals surface area contributed by atoms with Gasteiger partial charge in [0.2, 0.25) is 59.1 Å². The second-order valence-corrected chi connectivity index (χ2v) is 20.9. The van der Waals surface area contributed by atoms with E-state index in [1.165, 1.54) is 13.8 Å². The Labute approximate surface area is 461 Å². The molecule has 2 saturated heterocycles. The Morgan fingerprint density at radius 3 is 1.67 bits per heavy atom. The van der Waals surface area contributed by atoms with Gasteiger partial charge in [0.15, 0.2) is 0 Å². The van der Waals surface area contributed by atoms with Crippen molar-refractivity contribution in [3.63, 3.8) is 0 Å². The average Bonchev–Trinajstić information content (AvgIpc) is 3.39. The predicted octanol–water partition coefficient (Wildman–Crippen LogP) is -7.15. The molecule has 79 heavy (non-hydrogen) atoms. The van der Waals surface area contributed by atoms with Gasteiger partial charge in [0.25, 0.3) is 0 Å². The molecule has 2 heterocycles. The molecule has 0 radical (unpaired) electrons. The van der Waals surface area contributed by atoms with Gasteiger partial charge < -0.3 is 91.6 Å². The van der Waals surface area contributed by atoms with Crippen molar-refractivity contribution >= 4 is 59.1 Å². The van der Waals surface area contributed by atoms with E-state index in [1.807, 2.05) is 18.7 Å². The van der Waals surface area contributed by atoms with Gasteiger partial charge in [0, 0.05) is 45.7 Å². The number of carbonyl (C=O) groups excluding carboxylic acids is 10. The van der Waals surface area contributed by atoms with Gasteiger partial charge in [0.05, 0.1) is 12.2 Å². The van der Waals surface area contributed by atoms with E-state index in [-0.39, 0.29) is 70.1 Å². The van der Waals surface area contributed by atoms with E-state index in [1.54, 1.807) is 44.2 Å². The smallest absolute Gasteiger partial charge is 0.245 e. The topological polar surface area (TPSA) is 451 Å². The van der Waals surface area contributed by atoms with Crippen molar-refractivity contribution in [1.82, 2.24) is 63.4 Å². The number of benzene rings is 1. The zero-order valence-electron chi connectivity index (χ0n) is 46.3. The molecule has 0 spiro atoms. The SMILES string of the molecule is CC(C)C[C@@H]1NC(=O)[C@@H](Cc2ccccc2)NC(=O)[C@H](CCN)NC(=O)[C@@H](NC(=O)[C@H](CN)NC(=O)[C@@H](NC(=O)[C@@H]2CNCCN2CC(C)C)[C@@H](C)O)CCNC(=O)[C@H]([C@@H](C)O)NC(=O)[C@H](CCN)NC(=O)[C@H](CCN)NC1=O. The van der Waals surface area contributed by atoms with Crippen molar-refractivity contribution in [2.24, 2.45) is 34.8 Å². The molecule has 21 N–H and O–H groups in total. The minimum atomic E-state index is -1.67. The molecule has 2 fully saturated rings. The summed E-state index contributed by atoms with van der Waals surface area (Å²) in [4.78, 5) is 142. The summed E-state index contributed by atoms with van der Waals surface area (Å²) in [6.45, 7) is 10.7. The highest BCUT2D eigenvalue weighted by atomic mass is 16.3. The number of carbonyl (C=O) groups is 10. The monoisotopic (exact) mass is 1120 g/mol. The molecule has 1 aromatic rings. The maximum Gasteiger partial charge on any atom is 0.245 e. The van der Waals surface area contributed by atoms with E-state index in [0.29, 0.717) is 25.2 Å². The summed E-state index contributed by atoms with van der Waals surface area (Å²) in [5.41, 5.74) is 24.2. The predicted molar refractivity (Wildman–Crippen MR) is 291 cm³/mol. The average molecular weight is 1120 g/mol. The van der Waals surface area contributed by atoms with Crippen LogP contribution in [0.25, 0.3) is 0 Å². The maximum absolute atomic E-state index is 14.4. The van der Waals surface area contributed by atoms with Crippen molar-refractivity contribution < 1.29 is 58.2 Å². The molecular formula is C51H88N16O12. The Hall–Kier alpha value is -6.40. The third-order valence-electron chi connectivity index (χ3n) is 13.1. The second kappa shape index (κ2) is 33.9. The number of piperazine rings is 1. The van der Waals surface area contributed by atoms with Gasteiger partial charge >= 0.3 is 0 Å². The molecule has 2 aliphatic rings. The van der Waals surface area contributed by atoms with Gasteiger partial charge in [-0.2, -0.15) is 0 Å². The van der Waals surface area contributed by atoms with Crippen molar-refractivity contribution in [3.05, 3.63) is 35.9 Å². The molecule has 28 heteroatoms. The first-order valence-electron chi connectivity index (χ1n) is 27.1. The standard InChI is InChI=1S/C51H88N16O12/c1-27(2)22-36-46(74)60-32(12-16-52)42(70)59-34(14-18-54)45(73)65-40(29(5)68)50(78)57-19-15-35(44(72)58-33(13-17-53)43(71)63-37(47(75)62-36)23-31-10-8-7-9-11-31)61-48(76)38(24-55)64-51(79)41(30(6)69)66-49(77)39-25-56-20-21-67(39)26-28(3)4/h7-11,27-30,32-41,56,68-69H,12-26,52-55H2,1-6H3,(H,57,78)(H,58,72)(H,59,70)(H,60,74)(H,61,76)(H,62,75)(H,63,71)(H,64,79)(H,65,73)(H,66,77)/t29-,30-,32+,33+,34+,35+,36+,37-,38+,39+,40+,41+/m1/s1. The highest BCUT2D eigenvalue weighted by molar-refractivity contribution is 5.99. The molecule has 444 valence electrons. The summed E-state index contributed by atoms with van der Waals surface area (Å²) in [6, 6.07) is -5.43. The first kappa shape index (κ1) is 66.9. The van der Waals surface area contributed by atoms with Gasteiger partial charge in [-0.3, -0.25) is 52.8 Å². The quantitative estimate of drug-likeness (QED) is 0.0544. The summed E-state index contributed by atoms with van der Waals surface area (Å²) >= 11 is 0. The number of hydrogen-bond acceptors (Lipinski definition) is 18.